The Labute approximate surface area is 195 Å². The van der Waals surface area contributed by atoms with Crippen LogP contribution in [0.2, 0.25) is 5.02 Å². The largest absolute Gasteiger partial charge is 0.442 e. The lowest BCUT2D eigenvalue weighted by Gasteiger charge is -2.27. The highest BCUT2D eigenvalue weighted by Gasteiger charge is 2.32. The maximum absolute atomic E-state index is 12.4. The third-order valence-electron chi connectivity index (χ3n) is 5.27. The van der Waals surface area contributed by atoms with Crippen LogP contribution >= 0.6 is 24.2 Å². The van der Waals surface area contributed by atoms with Crippen molar-refractivity contribution in [3.8, 4) is 0 Å². The quantitative estimate of drug-likeness (QED) is 0.627. The first-order valence-corrected chi connectivity index (χ1v) is 10.9. The first kappa shape index (κ1) is 22.4. The second-order valence-corrected chi connectivity index (χ2v) is 8.44. The average Bonchev–Trinajstić information content (AvgIpc) is 3.16. The van der Waals surface area contributed by atoms with Crippen LogP contribution in [0.1, 0.15) is 15.9 Å². The van der Waals surface area contributed by atoms with Gasteiger partial charge in [0.2, 0.25) is 5.91 Å². The summed E-state index contributed by atoms with van der Waals surface area (Å²) in [4.78, 5) is 40.4. The van der Waals surface area contributed by atoms with Gasteiger partial charge in [0.25, 0.3) is 5.91 Å². The van der Waals surface area contributed by atoms with E-state index in [9.17, 15) is 14.4 Å². The van der Waals surface area contributed by atoms with Crippen molar-refractivity contribution in [1.29, 1.82) is 0 Å². The van der Waals surface area contributed by atoms with Gasteiger partial charge in [-0.05, 0) is 35.9 Å². The van der Waals surface area contributed by atoms with Crippen molar-refractivity contribution in [1.82, 2.24) is 10.2 Å². The third kappa shape index (κ3) is 5.17. The van der Waals surface area contributed by atoms with Gasteiger partial charge in [0.1, 0.15) is 12.7 Å². The summed E-state index contributed by atoms with van der Waals surface area (Å²) in [6.45, 7) is 2.19. The van der Waals surface area contributed by atoms with E-state index < -0.39 is 12.2 Å². The van der Waals surface area contributed by atoms with Gasteiger partial charge in [-0.25, -0.2) is 4.79 Å². The fourth-order valence-corrected chi connectivity index (χ4v) is 3.96. The number of hydrogen-bond donors (Lipinski definition) is 2. The lowest BCUT2D eigenvalue weighted by Crippen LogP contribution is -2.40. The zero-order chi connectivity index (χ0) is 22.7. The molecular formula is C22H22ClN3O5S. The van der Waals surface area contributed by atoms with Crippen LogP contribution in [-0.4, -0.2) is 61.8 Å². The monoisotopic (exact) mass is 475 g/mol. The van der Waals surface area contributed by atoms with E-state index in [0.29, 0.717) is 47.4 Å². The van der Waals surface area contributed by atoms with E-state index >= 15 is 0 Å². The topological polar surface area (TPSA) is 88.2 Å². The van der Waals surface area contributed by atoms with Crippen LogP contribution in [0.3, 0.4) is 0 Å². The molecule has 1 N–H and O–H groups in total. The molecule has 0 saturated carbocycles. The number of carbonyl (C=O) groups excluding carboxylic acids is 3. The minimum absolute atomic E-state index is 0.0313. The number of nitrogens with one attached hydrogen (secondary N) is 1. The average molecular weight is 476 g/mol. The smallest absolute Gasteiger partial charge is 0.414 e. The molecule has 1 unspecified atom stereocenters. The van der Waals surface area contributed by atoms with E-state index in [-0.39, 0.29) is 25.0 Å². The third-order valence-corrected chi connectivity index (χ3v) is 5.90. The molecule has 32 heavy (non-hydrogen) atoms. The second kappa shape index (κ2) is 9.81. The number of cyclic esters (lactones) is 1. The number of ether oxygens (including phenoxy) is 2. The number of nitrogens with zero attached hydrogens (tertiary/aromatic N) is 2. The molecule has 0 radical (unpaired) electrons. The molecule has 0 aromatic heterocycles. The van der Waals surface area contributed by atoms with E-state index in [4.69, 9.17) is 21.1 Å². The van der Waals surface area contributed by atoms with E-state index in [1.807, 2.05) is 24.3 Å². The summed E-state index contributed by atoms with van der Waals surface area (Å²) in [7, 11) is 0. The Morgan fingerprint density at radius 3 is 2.72 bits per heavy atom. The summed E-state index contributed by atoms with van der Waals surface area (Å²) in [6.07, 6.45) is -0.961. The summed E-state index contributed by atoms with van der Waals surface area (Å²) in [5.74, 6) is -0.370. The number of anilines is 1. The maximum atomic E-state index is 12.4. The van der Waals surface area contributed by atoms with Crippen LogP contribution < -0.4 is 10.2 Å². The fourth-order valence-electron chi connectivity index (χ4n) is 3.55. The molecule has 2 aliphatic heterocycles. The van der Waals surface area contributed by atoms with Crippen LogP contribution in [0.5, 0.6) is 0 Å². The molecule has 4 rings (SSSR count). The molecule has 0 aliphatic carbocycles. The van der Waals surface area contributed by atoms with Crippen molar-refractivity contribution < 1.29 is 23.9 Å². The summed E-state index contributed by atoms with van der Waals surface area (Å²) in [6, 6.07) is 12.3. The zero-order valence-corrected chi connectivity index (χ0v) is 18.8. The Balaban J connectivity index is 1.32. The van der Waals surface area contributed by atoms with Gasteiger partial charge < -0.3 is 19.7 Å². The Bertz CT molecular complexity index is 1030. The number of morpholine rings is 1. The predicted octanol–water partition coefficient (Wildman–Crippen LogP) is 2.74. The molecule has 2 aliphatic rings. The summed E-state index contributed by atoms with van der Waals surface area (Å²) < 4.78 is 10.5. The van der Waals surface area contributed by atoms with Crippen LogP contribution in [0.25, 0.3) is 0 Å². The molecule has 1 atom stereocenters. The first-order valence-electron chi connectivity index (χ1n) is 10.1. The highest BCUT2D eigenvalue weighted by Crippen LogP contribution is 2.23. The summed E-state index contributed by atoms with van der Waals surface area (Å²) in [5.41, 5.74) is 2.01. The number of carbonyl (C=O) groups is 3. The Morgan fingerprint density at radius 1 is 1.19 bits per heavy atom. The molecule has 168 valence electrons. The SMILES string of the molecule is O=C(NCC1CN(c2ccc(CN3CCOCC3=O)cc2)C(=O)O1)c1cc(Cl)ccc1S. The van der Waals surface area contributed by atoms with Crippen molar-refractivity contribution in [3.63, 3.8) is 0 Å². The Morgan fingerprint density at radius 2 is 1.97 bits per heavy atom. The molecule has 10 heteroatoms. The summed E-state index contributed by atoms with van der Waals surface area (Å²) >= 11 is 10.2. The van der Waals surface area contributed by atoms with Gasteiger partial charge in [-0.3, -0.25) is 14.5 Å². The van der Waals surface area contributed by atoms with Crippen molar-refractivity contribution in [2.45, 2.75) is 17.5 Å². The molecule has 2 fully saturated rings. The van der Waals surface area contributed by atoms with Crippen molar-refractivity contribution in [2.75, 3.05) is 37.7 Å². The standard InChI is InChI=1S/C22H22ClN3O5S/c23-15-3-6-19(32)18(9-15)21(28)24-10-17-12-26(22(29)31-17)16-4-1-14(2-5-16)11-25-7-8-30-13-20(25)27/h1-6,9,17,32H,7-8,10-13H2,(H,24,28). The maximum Gasteiger partial charge on any atom is 0.414 e. The normalized spacial score (nSPS) is 18.6. The van der Waals surface area contributed by atoms with Crippen LogP contribution in [0.4, 0.5) is 10.5 Å². The molecule has 8 nitrogen and oxygen atoms in total. The van der Waals surface area contributed by atoms with Gasteiger partial charge in [0.05, 0.1) is 25.3 Å². The minimum atomic E-state index is -0.486. The second-order valence-electron chi connectivity index (χ2n) is 7.52. The molecule has 0 spiro atoms. The number of rotatable bonds is 6. The molecule has 0 bridgehead atoms. The molecule has 2 aromatic carbocycles. The van der Waals surface area contributed by atoms with Crippen molar-refractivity contribution in [3.05, 3.63) is 58.6 Å². The van der Waals surface area contributed by atoms with E-state index in [1.54, 1.807) is 17.0 Å². The predicted molar refractivity (Wildman–Crippen MR) is 121 cm³/mol. The van der Waals surface area contributed by atoms with E-state index in [2.05, 4.69) is 17.9 Å². The number of halogens is 1. The van der Waals surface area contributed by atoms with Gasteiger partial charge in [0.15, 0.2) is 0 Å². The fraction of sp³-hybridized carbons (Fsp3) is 0.318. The van der Waals surface area contributed by atoms with Gasteiger partial charge in [0, 0.05) is 28.7 Å². The zero-order valence-electron chi connectivity index (χ0n) is 17.1. The van der Waals surface area contributed by atoms with Gasteiger partial charge >= 0.3 is 6.09 Å². The molecular weight excluding hydrogens is 454 g/mol. The van der Waals surface area contributed by atoms with Gasteiger partial charge in [-0.15, -0.1) is 12.6 Å². The van der Waals surface area contributed by atoms with E-state index in [1.165, 1.54) is 11.0 Å². The molecule has 2 heterocycles. The van der Waals surface area contributed by atoms with E-state index in [0.717, 1.165) is 5.56 Å². The van der Waals surface area contributed by atoms with Crippen molar-refractivity contribution >= 4 is 47.8 Å². The van der Waals surface area contributed by atoms with Crippen LogP contribution in [0.15, 0.2) is 47.4 Å². The summed E-state index contributed by atoms with van der Waals surface area (Å²) in [5, 5.41) is 3.20. The Kier molecular flexibility index (Phi) is 6.88. The number of amides is 3. The van der Waals surface area contributed by atoms with Crippen LogP contribution in [-0.2, 0) is 20.8 Å². The van der Waals surface area contributed by atoms with Crippen LogP contribution in [0, 0.1) is 0 Å². The van der Waals surface area contributed by atoms with Gasteiger partial charge in [-0.1, -0.05) is 23.7 Å². The molecule has 2 saturated heterocycles. The van der Waals surface area contributed by atoms with Gasteiger partial charge in [-0.2, -0.15) is 0 Å². The highest BCUT2D eigenvalue weighted by molar-refractivity contribution is 7.80. The Hall–Kier alpha value is -2.75. The molecule has 2 aromatic rings. The first-order chi connectivity index (χ1) is 15.4. The highest BCUT2D eigenvalue weighted by atomic mass is 35.5. The number of hydrogen-bond acceptors (Lipinski definition) is 6. The van der Waals surface area contributed by atoms with Crippen molar-refractivity contribution in [2.24, 2.45) is 0 Å². The lowest BCUT2D eigenvalue weighted by atomic mass is 10.1. The number of thiol groups is 1. The molecule has 3 amide bonds. The minimum Gasteiger partial charge on any atom is -0.442 e. The number of benzene rings is 2. The lowest BCUT2D eigenvalue weighted by molar-refractivity contribution is -0.143.